The highest BCUT2D eigenvalue weighted by molar-refractivity contribution is 6.33. The molecule has 0 aromatic heterocycles. The third-order valence-corrected chi connectivity index (χ3v) is 2.47. The van der Waals surface area contributed by atoms with Crippen molar-refractivity contribution in [3.63, 3.8) is 0 Å². The summed E-state index contributed by atoms with van der Waals surface area (Å²) in [6.07, 6.45) is 0. The molecule has 1 aromatic rings. The van der Waals surface area contributed by atoms with Crippen molar-refractivity contribution in [2.45, 2.75) is 0 Å². The first kappa shape index (κ1) is 14.5. The van der Waals surface area contributed by atoms with Gasteiger partial charge in [-0.1, -0.05) is 41.9 Å². The third-order valence-electron chi connectivity index (χ3n) is 2.01. The van der Waals surface area contributed by atoms with Crippen LogP contribution >= 0.6 is 23.2 Å². The molecule has 0 saturated heterocycles. The number of benzene rings is 1. The van der Waals surface area contributed by atoms with Gasteiger partial charge in [-0.05, 0) is 12.1 Å². The minimum Gasteiger partial charge on any atom is -0.350 e. The Kier molecular flexibility index (Phi) is 5.68. The van der Waals surface area contributed by atoms with Crippen molar-refractivity contribution in [3.05, 3.63) is 46.5 Å². The smallest absolute Gasteiger partial charge is 0.253 e. The quantitative estimate of drug-likeness (QED) is 0.869. The fourth-order valence-electron chi connectivity index (χ4n) is 1.16. The molecule has 0 aliphatic rings. The molecule has 0 unspecified atom stereocenters. The lowest BCUT2D eigenvalue weighted by Crippen LogP contribution is -2.37. The molecule has 0 aliphatic heterocycles. The molecular weight excluding hydrogens is 275 g/mol. The number of rotatable bonds is 5. The van der Waals surface area contributed by atoms with E-state index in [2.05, 4.69) is 17.2 Å². The first-order valence-corrected chi connectivity index (χ1v) is 5.89. The number of hydrogen-bond acceptors (Lipinski definition) is 2. The summed E-state index contributed by atoms with van der Waals surface area (Å²) in [5, 5.41) is 5.60. The van der Waals surface area contributed by atoms with Crippen LogP contribution in [0.5, 0.6) is 0 Å². The lowest BCUT2D eigenvalue weighted by Gasteiger charge is -2.07. The summed E-state index contributed by atoms with van der Waals surface area (Å²) in [4.78, 5) is 23.0. The molecule has 18 heavy (non-hydrogen) atoms. The van der Waals surface area contributed by atoms with E-state index in [0.29, 0.717) is 15.6 Å². The molecule has 2 amide bonds. The van der Waals surface area contributed by atoms with Gasteiger partial charge in [0.15, 0.2) is 0 Å². The van der Waals surface area contributed by atoms with E-state index in [9.17, 15) is 9.59 Å². The van der Waals surface area contributed by atoms with Gasteiger partial charge < -0.3 is 10.6 Å². The fourth-order valence-corrected chi connectivity index (χ4v) is 1.45. The normalized spacial score (nSPS) is 9.67. The molecular formula is C12H12Cl2N2O2. The molecule has 1 aromatic carbocycles. The van der Waals surface area contributed by atoms with E-state index in [1.165, 1.54) is 0 Å². The maximum Gasteiger partial charge on any atom is 0.253 e. The molecule has 0 fully saturated rings. The van der Waals surface area contributed by atoms with E-state index >= 15 is 0 Å². The van der Waals surface area contributed by atoms with E-state index in [1.54, 1.807) is 24.3 Å². The average Bonchev–Trinajstić information content (AvgIpc) is 2.34. The van der Waals surface area contributed by atoms with Gasteiger partial charge in [-0.3, -0.25) is 9.59 Å². The molecule has 0 bridgehead atoms. The molecule has 1 rings (SSSR count). The van der Waals surface area contributed by atoms with E-state index in [4.69, 9.17) is 23.2 Å². The second-order valence-electron chi connectivity index (χ2n) is 3.46. The first-order valence-electron chi connectivity index (χ1n) is 5.13. The van der Waals surface area contributed by atoms with Crippen molar-refractivity contribution < 1.29 is 9.59 Å². The van der Waals surface area contributed by atoms with Crippen LogP contribution in [0.2, 0.25) is 5.02 Å². The van der Waals surface area contributed by atoms with Gasteiger partial charge in [-0.2, -0.15) is 0 Å². The van der Waals surface area contributed by atoms with E-state index in [1.807, 2.05) is 0 Å². The van der Waals surface area contributed by atoms with Gasteiger partial charge in [0.05, 0.1) is 23.7 Å². The molecule has 6 heteroatoms. The Labute approximate surface area is 115 Å². The van der Waals surface area contributed by atoms with Crippen molar-refractivity contribution in [2.24, 2.45) is 0 Å². The Balaban J connectivity index is 2.45. The SMILES string of the molecule is C=C(Cl)CNC(=O)CNC(=O)c1ccccc1Cl. The Hall–Kier alpha value is -1.52. The predicted molar refractivity (Wildman–Crippen MR) is 71.8 cm³/mol. The summed E-state index contributed by atoms with van der Waals surface area (Å²) in [5.74, 6) is -0.752. The Morgan fingerprint density at radius 3 is 2.44 bits per heavy atom. The highest BCUT2D eigenvalue weighted by atomic mass is 35.5. The highest BCUT2D eigenvalue weighted by Crippen LogP contribution is 2.14. The second-order valence-corrected chi connectivity index (χ2v) is 4.40. The molecule has 0 saturated carbocycles. The van der Waals surface area contributed by atoms with Crippen LogP contribution in [0.15, 0.2) is 35.9 Å². The number of hydrogen-bond donors (Lipinski definition) is 2. The van der Waals surface area contributed by atoms with Crippen molar-refractivity contribution in [3.8, 4) is 0 Å². The second kappa shape index (κ2) is 7.03. The summed E-state index contributed by atoms with van der Waals surface area (Å²) >= 11 is 11.3. The zero-order chi connectivity index (χ0) is 13.5. The Morgan fingerprint density at radius 1 is 1.17 bits per heavy atom. The summed E-state index contributed by atoms with van der Waals surface area (Å²) < 4.78 is 0. The van der Waals surface area contributed by atoms with Crippen molar-refractivity contribution in [1.82, 2.24) is 10.6 Å². The van der Waals surface area contributed by atoms with Gasteiger partial charge in [0.1, 0.15) is 0 Å². The maximum atomic E-state index is 11.7. The summed E-state index contributed by atoms with van der Waals surface area (Å²) in [6, 6.07) is 6.60. The first-order chi connectivity index (χ1) is 8.50. The molecule has 0 radical (unpaired) electrons. The van der Waals surface area contributed by atoms with E-state index in [-0.39, 0.29) is 19.0 Å². The van der Waals surface area contributed by atoms with E-state index < -0.39 is 5.91 Å². The van der Waals surface area contributed by atoms with Crippen LogP contribution in [0.1, 0.15) is 10.4 Å². The van der Waals surface area contributed by atoms with Crippen LogP contribution in [-0.2, 0) is 4.79 Å². The number of amides is 2. The summed E-state index contributed by atoms with van der Waals surface area (Å²) in [5.41, 5.74) is 0.328. The zero-order valence-electron chi connectivity index (χ0n) is 9.50. The lowest BCUT2D eigenvalue weighted by atomic mass is 10.2. The molecule has 4 nitrogen and oxygen atoms in total. The summed E-state index contributed by atoms with van der Waals surface area (Å²) in [6.45, 7) is 3.45. The van der Waals surface area contributed by atoms with Gasteiger partial charge in [-0.25, -0.2) is 0 Å². The fraction of sp³-hybridized carbons (Fsp3) is 0.167. The number of halogens is 2. The molecule has 96 valence electrons. The molecule has 0 spiro atoms. The van der Waals surface area contributed by atoms with E-state index in [0.717, 1.165) is 0 Å². The topological polar surface area (TPSA) is 58.2 Å². The lowest BCUT2D eigenvalue weighted by molar-refractivity contribution is -0.119. The molecule has 0 atom stereocenters. The van der Waals surface area contributed by atoms with Crippen molar-refractivity contribution in [2.75, 3.05) is 13.1 Å². The van der Waals surface area contributed by atoms with Crippen LogP contribution in [0.3, 0.4) is 0 Å². The standard InChI is InChI=1S/C12H12Cl2N2O2/c1-8(13)6-15-11(17)7-16-12(18)9-4-2-3-5-10(9)14/h2-5H,1,6-7H2,(H,15,17)(H,16,18). The largest absolute Gasteiger partial charge is 0.350 e. The van der Waals surface area contributed by atoms with Gasteiger partial charge in [0, 0.05) is 5.03 Å². The Bertz CT molecular complexity index is 475. The van der Waals surface area contributed by atoms with Crippen molar-refractivity contribution >= 4 is 35.0 Å². The summed E-state index contributed by atoms with van der Waals surface area (Å²) in [7, 11) is 0. The molecule has 2 N–H and O–H groups in total. The van der Waals surface area contributed by atoms with Crippen LogP contribution in [0, 0.1) is 0 Å². The van der Waals surface area contributed by atoms with Gasteiger partial charge in [-0.15, -0.1) is 0 Å². The zero-order valence-corrected chi connectivity index (χ0v) is 11.0. The minimum atomic E-state index is -0.402. The Morgan fingerprint density at radius 2 is 1.83 bits per heavy atom. The third kappa shape index (κ3) is 4.77. The van der Waals surface area contributed by atoms with Gasteiger partial charge >= 0.3 is 0 Å². The number of nitrogens with one attached hydrogen (secondary N) is 2. The van der Waals surface area contributed by atoms with Crippen LogP contribution < -0.4 is 10.6 Å². The van der Waals surface area contributed by atoms with Crippen molar-refractivity contribution in [1.29, 1.82) is 0 Å². The number of carbonyl (C=O) groups excluding carboxylic acids is 2. The van der Waals surface area contributed by atoms with Gasteiger partial charge in [0.2, 0.25) is 5.91 Å². The molecule has 0 aliphatic carbocycles. The maximum absolute atomic E-state index is 11.7. The highest BCUT2D eigenvalue weighted by Gasteiger charge is 2.10. The predicted octanol–water partition coefficient (Wildman–Crippen LogP) is 1.94. The number of carbonyl (C=O) groups is 2. The van der Waals surface area contributed by atoms with Crippen LogP contribution in [0.4, 0.5) is 0 Å². The minimum absolute atomic E-state index is 0.145. The van der Waals surface area contributed by atoms with Gasteiger partial charge in [0.25, 0.3) is 5.91 Å². The van der Waals surface area contributed by atoms with Crippen LogP contribution in [-0.4, -0.2) is 24.9 Å². The van der Waals surface area contributed by atoms with Crippen LogP contribution in [0.25, 0.3) is 0 Å². The average molecular weight is 287 g/mol. The molecule has 0 heterocycles. The monoisotopic (exact) mass is 286 g/mol.